The Kier molecular flexibility index (Phi) is 4.55. The molecule has 0 aliphatic carbocycles. The molecule has 0 aliphatic rings. The number of rotatable bonds is 5. The zero-order valence-corrected chi connectivity index (χ0v) is 12.2. The van der Waals surface area contributed by atoms with Gasteiger partial charge in [0.15, 0.2) is 0 Å². The lowest BCUT2D eigenvalue weighted by molar-refractivity contribution is -0.128. The van der Waals surface area contributed by atoms with Crippen LogP contribution in [0, 0.1) is 0 Å². The maximum atomic E-state index is 11.8. The van der Waals surface area contributed by atoms with Gasteiger partial charge >= 0.3 is 5.97 Å². The van der Waals surface area contributed by atoms with Crippen molar-refractivity contribution in [3.8, 4) is 17.2 Å². The normalized spacial score (nSPS) is 10.6. The van der Waals surface area contributed by atoms with Gasteiger partial charge in [-0.25, -0.2) is 4.79 Å². The monoisotopic (exact) mass is 306 g/mol. The number of hydrogen-bond acceptors (Lipinski definition) is 4. The smallest absolute Gasteiger partial charge is 0.336 e. The number of ether oxygens (including phenoxy) is 2. The van der Waals surface area contributed by atoms with Crippen molar-refractivity contribution in [2.75, 3.05) is 0 Å². The van der Waals surface area contributed by atoms with Gasteiger partial charge in [0.1, 0.15) is 23.0 Å². The first kappa shape index (κ1) is 14.7. The SMILES string of the molecule is O=C(/C=C/c1ccco1)Oc1cccc(Oc2ccccc2)c1. The third-order valence-corrected chi connectivity index (χ3v) is 2.93. The van der Waals surface area contributed by atoms with Gasteiger partial charge in [0.25, 0.3) is 0 Å². The molecule has 0 saturated carbocycles. The standard InChI is InChI=1S/C19H14O4/c20-19(12-11-15-10-5-13-21-15)23-18-9-4-8-17(14-18)22-16-6-2-1-3-7-16/h1-14H/b12-11+. The highest BCUT2D eigenvalue weighted by atomic mass is 16.5. The van der Waals surface area contributed by atoms with E-state index in [0.29, 0.717) is 23.0 Å². The molecule has 114 valence electrons. The summed E-state index contributed by atoms with van der Waals surface area (Å²) in [4.78, 5) is 11.8. The number of carbonyl (C=O) groups is 1. The van der Waals surface area contributed by atoms with Gasteiger partial charge in [0.05, 0.1) is 6.26 Å². The second-order valence-corrected chi connectivity index (χ2v) is 4.66. The molecule has 0 spiro atoms. The van der Waals surface area contributed by atoms with Gasteiger partial charge in [-0.3, -0.25) is 0 Å². The molecule has 1 heterocycles. The summed E-state index contributed by atoms with van der Waals surface area (Å²) in [7, 11) is 0. The summed E-state index contributed by atoms with van der Waals surface area (Å²) in [5.41, 5.74) is 0. The maximum Gasteiger partial charge on any atom is 0.336 e. The third-order valence-electron chi connectivity index (χ3n) is 2.93. The van der Waals surface area contributed by atoms with Crippen molar-refractivity contribution in [2.45, 2.75) is 0 Å². The first-order valence-electron chi connectivity index (χ1n) is 7.06. The lowest BCUT2D eigenvalue weighted by Crippen LogP contribution is -2.03. The molecule has 0 fully saturated rings. The Morgan fingerprint density at radius 2 is 1.65 bits per heavy atom. The van der Waals surface area contributed by atoms with Gasteiger partial charge in [0, 0.05) is 12.1 Å². The van der Waals surface area contributed by atoms with Crippen LogP contribution in [0.4, 0.5) is 0 Å². The number of esters is 1. The van der Waals surface area contributed by atoms with Crippen LogP contribution < -0.4 is 9.47 Å². The van der Waals surface area contributed by atoms with Gasteiger partial charge in [-0.05, 0) is 42.5 Å². The Morgan fingerprint density at radius 1 is 0.870 bits per heavy atom. The molecule has 0 bridgehead atoms. The lowest BCUT2D eigenvalue weighted by atomic mass is 10.3. The van der Waals surface area contributed by atoms with Gasteiger partial charge in [-0.1, -0.05) is 24.3 Å². The highest BCUT2D eigenvalue weighted by Gasteiger charge is 2.03. The predicted octanol–water partition coefficient (Wildman–Crippen LogP) is 4.69. The van der Waals surface area contributed by atoms with Gasteiger partial charge in [-0.2, -0.15) is 0 Å². The minimum atomic E-state index is -0.488. The molecule has 0 radical (unpaired) electrons. The first-order chi connectivity index (χ1) is 11.3. The molecule has 3 aromatic rings. The van der Waals surface area contributed by atoms with E-state index >= 15 is 0 Å². The van der Waals surface area contributed by atoms with Crippen LogP contribution in [0.2, 0.25) is 0 Å². The predicted molar refractivity (Wildman–Crippen MR) is 86.3 cm³/mol. The minimum Gasteiger partial charge on any atom is -0.465 e. The molecule has 0 saturated heterocycles. The van der Waals surface area contributed by atoms with Crippen molar-refractivity contribution in [2.24, 2.45) is 0 Å². The quantitative estimate of drug-likeness (QED) is 0.390. The van der Waals surface area contributed by atoms with E-state index in [1.165, 1.54) is 12.3 Å². The molecule has 4 nitrogen and oxygen atoms in total. The average Bonchev–Trinajstić information content (AvgIpc) is 3.08. The number of benzene rings is 2. The first-order valence-corrected chi connectivity index (χ1v) is 7.06. The molecule has 0 aliphatic heterocycles. The zero-order valence-electron chi connectivity index (χ0n) is 12.2. The van der Waals surface area contributed by atoms with Crippen LogP contribution in [0.25, 0.3) is 6.08 Å². The molecule has 0 N–H and O–H groups in total. The van der Waals surface area contributed by atoms with E-state index in [2.05, 4.69) is 0 Å². The summed E-state index contributed by atoms with van der Waals surface area (Å²) in [5.74, 6) is 1.82. The van der Waals surface area contributed by atoms with Crippen LogP contribution in [0.3, 0.4) is 0 Å². The maximum absolute atomic E-state index is 11.8. The number of para-hydroxylation sites is 1. The molecule has 23 heavy (non-hydrogen) atoms. The average molecular weight is 306 g/mol. The largest absolute Gasteiger partial charge is 0.465 e. The Balaban J connectivity index is 1.64. The summed E-state index contributed by atoms with van der Waals surface area (Å²) in [6.07, 6.45) is 4.39. The van der Waals surface area contributed by atoms with E-state index in [-0.39, 0.29) is 0 Å². The van der Waals surface area contributed by atoms with Crippen LogP contribution in [-0.2, 0) is 4.79 Å². The highest BCUT2D eigenvalue weighted by molar-refractivity contribution is 5.88. The summed E-state index contributed by atoms with van der Waals surface area (Å²) in [6.45, 7) is 0. The summed E-state index contributed by atoms with van der Waals surface area (Å²) < 4.78 is 16.0. The van der Waals surface area contributed by atoms with Crippen LogP contribution in [0.1, 0.15) is 5.76 Å². The number of hydrogen-bond donors (Lipinski definition) is 0. The van der Waals surface area contributed by atoms with E-state index in [1.54, 1.807) is 42.5 Å². The van der Waals surface area contributed by atoms with Crippen molar-refractivity contribution < 1.29 is 18.7 Å². The van der Waals surface area contributed by atoms with Crippen LogP contribution in [0.15, 0.2) is 83.5 Å². The summed E-state index contributed by atoms with van der Waals surface area (Å²) in [6, 6.07) is 19.8. The Labute approximate surface area is 133 Å². The molecule has 4 heteroatoms. The second-order valence-electron chi connectivity index (χ2n) is 4.66. The molecule has 2 aromatic carbocycles. The number of carbonyl (C=O) groups excluding carboxylic acids is 1. The van der Waals surface area contributed by atoms with Gasteiger partial charge in [-0.15, -0.1) is 0 Å². The van der Waals surface area contributed by atoms with Crippen molar-refractivity contribution in [3.05, 3.63) is 84.8 Å². The van der Waals surface area contributed by atoms with Crippen LogP contribution in [0.5, 0.6) is 17.2 Å². The molecule has 0 atom stereocenters. The zero-order chi connectivity index (χ0) is 15.9. The fourth-order valence-electron chi connectivity index (χ4n) is 1.91. The Morgan fingerprint density at radius 3 is 2.43 bits per heavy atom. The van der Waals surface area contributed by atoms with Crippen molar-refractivity contribution in [1.29, 1.82) is 0 Å². The van der Waals surface area contributed by atoms with Crippen molar-refractivity contribution >= 4 is 12.0 Å². The highest BCUT2D eigenvalue weighted by Crippen LogP contribution is 2.25. The summed E-state index contributed by atoms with van der Waals surface area (Å²) >= 11 is 0. The van der Waals surface area contributed by atoms with E-state index in [0.717, 1.165) is 0 Å². The molecular formula is C19H14O4. The third kappa shape index (κ3) is 4.35. The van der Waals surface area contributed by atoms with E-state index < -0.39 is 5.97 Å². The van der Waals surface area contributed by atoms with E-state index in [4.69, 9.17) is 13.9 Å². The van der Waals surface area contributed by atoms with E-state index in [9.17, 15) is 4.79 Å². The second kappa shape index (κ2) is 7.13. The topological polar surface area (TPSA) is 48.7 Å². The molecule has 0 amide bonds. The summed E-state index contributed by atoms with van der Waals surface area (Å²) in [5, 5.41) is 0. The molecule has 1 aromatic heterocycles. The molecular weight excluding hydrogens is 292 g/mol. The fraction of sp³-hybridized carbons (Fsp3) is 0. The van der Waals surface area contributed by atoms with Crippen molar-refractivity contribution in [3.63, 3.8) is 0 Å². The van der Waals surface area contributed by atoms with Gasteiger partial charge in [0.2, 0.25) is 0 Å². The molecule has 3 rings (SSSR count). The van der Waals surface area contributed by atoms with Gasteiger partial charge < -0.3 is 13.9 Å². The lowest BCUT2D eigenvalue weighted by Gasteiger charge is -2.07. The van der Waals surface area contributed by atoms with Crippen LogP contribution >= 0.6 is 0 Å². The Bertz CT molecular complexity index is 789. The minimum absolute atomic E-state index is 0.410. The van der Waals surface area contributed by atoms with E-state index in [1.807, 2.05) is 30.3 Å². The fourth-order valence-corrected chi connectivity index (χ4v) is 1.91. The van der Waals surface area contributed by atoms with Crippen molar-refractivity contribution in [1.82, 2.24) is 0 Å². The number of furan rings is 1. The molecule has 0 unspecified atom stereocenters. The van der Waals surface area contributed by atoms with Crippen LogP contribution in [-0.4, -0.2) is 5.97 Å². The Hall–Kier alpha value is -3.27.